The van der Waals surface area contributed by atoms with Gasteiger partial charge in [0.2, 0.25) is 0 Å². The van der Waals surface area contributed by atoms with Crippen LogP contribution in [0.25, 0.3) is 11.3 Å². The highest BCUT2D eigenvalue weighted by Crippen LogP contribution is 2.29. The van der Waals surface area contributed by atoms with Crippen molar-refractivity contribution in [3.8, 4) is 23.0 Å². The molecule has 0 aliphatic rings. The minimum atomic E-state index is -0.309. The van der Waals surface area contributed by atoms with Gasteiger partial charge in [-0.05, 0) is 12.3 Å². The van der Waals surface area contributed by atoms with E-state index in [0.29, 0.717) is 24.5 Å². The van der Waals surface area contributed by atoms with Crippen LogP contribution in [0.2, 0.25) is 0 Å². The Hall–Kier alpha value is -2.43. The lowest BCUT2D eigenvalue weighted by Gasteiger charge is -2.12. The van der Waals surface area contributed by atoms with Gasteiger partial charge in [-0.1, -0.05) is 76.8 Å². The second-order valence-corrected chi connectivity index (χ2v) is 6.83. The van der Waals surface area contributed by atoms with E-state index >= 15 is 0 Å². The summed E-state index contributed by atoms with van der Waals surface area (Å²) in [5, 5.41) is 0. The van der Waals surface area contributed by atoms with Crippen LogP contribution in [0.4, 0.5) is 0 Å². The highest BCUT2D eigenvalue weighted by Gasteiger charge is 2.15. The molecule has 146 valence electrons. The molecule has 0 fully saturated rings. The zero-order valence-electron chi connectivity index (χ0n) is 16.6. The van der Waals surface area contributed by atoms with Crippen molar-refractivity contribution in [3.05, 3.63) is 36.5 Å². The molecule has 1 aromatic carbocycles. The fourth-order valence-corrected chi connectivity index (χ4v) is 2.60. The van der Waals surface area contributed by atoms with Gasteiger partial charge in [0.25, 0.3) is 0 Å². The molecule has 27 heavy (non-hydrogen) atoms. The molecule has 1 atom stereocenters. The second kappa shape index (κ2) is 11.3. The van der Waals surface area contributed by atoms with Gasteiger partial charge in [-0.2, -0.15) is 9.97 Å². The summed E-state index contributed by atoms with van der Waals surface area (Å²) in [6, 6.07) is 9.81. The van der Waals surface area contributed by atoms with Gasteiger partial charge in [-0.25, -0.2) is 0 Å². The van der Waals surface area contributed by atoms with Crippen molar-refractivity contribution >= 4 is 5.97 Å². The van der Waals surface area contributed by atoms with Crippen LogP contribution in [0.15, 0.2) is 36.5 Å². The molecule has 0 bridgehead atoms. The fraction of sp³-hybridized carbons (Fsp3) is 0.500. The Labute approximate surface area is 162 Å². The molecule has 1 unspecified atom stereocenters. The van der Waals surface area contributed by atoms with Crippen LogP contribution in [0, 0.1) is 5.92 Å². The van der Waals surface area contributed by atoms with Gasteiger partial charge in [-0.15, -0.1) is 0 Å². The van der Waals surface area contributed by atoms with Crippen LogP contribution < -0.4 is 9.47 Å². The van der Waals surface area contributed by atoms with E-state index < -0.39 is 0 Å². The Kier molecular flexibility index (Phi) is 8.75. The fourth-order valence-electron chi connectivity index (χ4n) is 2.60. The molecule has 5 heteroatoms. The number of unbranched alkanes of at least 4 members (excludes halogenated alkanes) is 3. The zero-order chi connectivity index (χ0) is 19.5. The number of benzene rings is 1. The Balaban J connectivity index is 2.13. The third-order valence-electron chi connectivity index (χ3n) is 4.45. The average molecular weight is 370 g/mol. The molecule has 0 aliphatic carbocycles. The van der Waals surface area contributed by atoms with E-state index in [1.807, 2.05) is 37.3 Å². The quantitative estimate of drug-likeness (QED) is 0.389. The molecular formula is C22H30N2O3. The monoisotopic (exact) mass is 370 g/mol. The summed E-state index contributed by atoms with van der Waals surface area (Å²) in [7, 11) is 0. The summed E-state index contributed by atoms with van der Waals surface area (Å²) in [6.45, 7) is 6.88. The molecule has 0 aliphatic heterocycles. The molecule has 0 saturated heterocycles. The molecule has 1 heterocycles. The number of nitrogens with zero attached hydrogens (tertiary/aromatic N) is 2. The Morgan fingerprint density at radius 1 is 1.11 bits per heavy atom. The molecule has 2 aromatic rings. The molecule has 5 nitrogen and oxygen atoms in total. The van der Waals surface area contributed by atoms with Crippen LogP contribution >= 0.6 is 0 Å². The van der Waals surface area contributed by atoms with E-state index in [4.69, 9.17) is 9.47 Å². The number of esters is 1. The maximum Gasteiger partial charge on any atom is 0.325 e. The molecule has 0 saturated carbocycles. The third-order valence-corrected chi connectivity index (χ3v) is 4.45. The highest BCUT2D eigenvalue weighted by molar-refractivity contribution is 5.72. The third kappa shape index (κ3) is 7.00. The molecule has 0 spiro atoms. The summed E-state index contributed by atoms with van der Waals surface area (Å²) < 4.78 is 11.3. The summed E-state index contributed by atoms with van der Waals surface area (Å²) >= 11 is 0. The van der Waals surface area contributed by atoms with Crippen molar-refractivity contribution in [3.63, 3.8) is 0 Å². The van der Waals surface area contributed by atoms with Crippen molar-refractivity contribution in [2.75, 3.05) is 6.61 Å². The molecule has 0 N–H and O–H groups in total. The number of aromatic nitrogens is 2. The average Bonchev–Trinajstić information content (AvgIpc) is 2.69. The standard InChI is InChI=1S/C22H30N2O3/c1-4-6-7-11-14-26-19-16-23-22(27-20(25)15-17(3)5-2)24-21(19)18-12-9-8-10-13-18/h8-10,12-13,16-17H,4-7,11,14-15H2,1-3H3. The summed E-state index contributed by atoms with van der Waals surface area (Å²) in [5.41, 5.74) is 1.55. The van der Waals surface area contributed by atoms with E-state index in [-0.39, 0.29) is 17.9 Å². The van der Waals surface area contributed by atoms with E-state index in [0.717, 1.165) is 24.8 Å². The van der Waals surface area contributed by atoms with Crippen LogP contribution in [0.3, 0.4) is 0 Å². The van der Waals surface area contributed by atoms with Gasteiger partial charge in [0.1, 0.15) is 5.69 Å². The normalized spacial score (nSPS) is 11.8. The first-order valence-corrected chi connectivity index (χ1v) is 9.90. The van der Waals surface area contributed by atoms with Gasteiger partial charge in [0.15, 0.2) is 5.75 Å². The maximum absolute atomic E-state index is 12.1. The summed E-state index contributed by atoms with van der Waals surface area (Å²) in [4.78, 5) is 20.7. The SMILES string of the molecule is CCCCCCOc1cnc(OC(=O)CC(C)CC)nc1-c1ccccc1. The largest absolute Gasteiger partial charge is 0.490 e. The molecular weight excluding hydrogens is 340 g/mol. The van der Waals surface area contributed by atoms with Crippen molar-refractivity contribution in [1.82, 2.24) is 9.97 Å². The Bertz CT molecular complexity index is 704. The first-order chi connectivity index (χ1) is 13.1. The highest BCUT2D eigenvalue weighted by atomic mass is 16.5. The number of ether oxygens (including phenoxy) is 2. The molecule has 2 rings (SSSR count). The molecule has 1 aromatic heterocycles. The summed E-state index contributed by atoms with van der Waals surface area (Å²) in [6.07, 6.45) is 7.41. The van der Waals surface area contributed by atoms with Crippen molar-refractivity contribution in [1.29, 1.82) is 0 Å². The minimum Gasteiger partial charge on any atom is -0.490 e. The van der Waals surface area contributed by atoms with Gasteiger partial charge in [0, 0.05) is 12.0 Å². The predicted molar refractivity (Wildman–Crippen MR) is 107 cm³/mol. The lowest BCUT2D eigenvalue weighted by atomic mass is 10.1. The number of carbonyl (C=O) groups excluding carboxylic acids is 1. The van der Waals surface area contributed by atoms with Crippen LogP contribution in [-0.4, -0.2) is 22.5 Å². The minimum absolute atomic E-state index is 0.0699. The van der Waals surface area contributed by atoms with Crippen molar-refractivity contribution in [2.24, 2.45) is 5.92 Å². The number of hydrogen-bond acceptors (Lipinski definition) is 5. The first-order valence-electron chi connectivity index (χ1n) is 9.90. The van der Waals surface area contributed by atoms with E-state index in [9.17, 15) is 4.79 Å². The van der Waals surface area contributed by atoms with Crippen molar-refractivity contribution in [2.45, 2.75) is 59.3 Å². The first kappa shape index (κ1) is 20.9. The predicted octanol–water partition coefficient (Wildman–Crippen LogP) is 5.44. The second-order valence-electron chi connectivity index (χ2n) is 6.83. The maximum atomic E-state index is 12.1. The topological polar surface area (TPSA) is 61.3 Å². The van der Waals surface area contributed by atoms with Gasteiger partial charge in [-0.3, -0.25) is 4.79 Å². The van der Waals surface area contributed by atoms with E-state index in [1.54, 1.807) is 6.20 Å². The Morgan fingerprint density at radius 3 is 2.59 bits per heavy atom. The van der Waals surface area contributed by atoms with E-state index in [1.165, 1.54) is 12.8 Å². The van der Waals surface area contributed by atoms with Crippen LogP contribution in [0.5, 0.6) is 11.8 Å². The number of hydrogen-bond donors (Lipinski definition) is 0. The van der Waals surface area contributed by atoms with Crippen LogP contribution in [0.1, 0.15) is 59.3 Å². The summed E-state index contributed by atoms with van der Waals surface area (Å²) in [5.74, 6) is 0.577. The zero-order valence-corrected chi connectivity index (χ0v) is 16.6. The van der Waals surface area contributed by atoms with Gasteiger partial charge >= 0.3 is 12.0 Å². The lowest BCUT2D eigenvalue weighted by Crippen LogP contribution is -2.14. The molecule has 0 amide bonds. The smallest absolute Gasteiger partial charge is 0.325 e. The number of carbonyl (C=O) groups is 1. The lowest BCUT2D eigenvalue weighted by molar-refractivity contribution is -0.135. The Morgan fingerprint density at radius 2 is 1.89 bits per heavy atom. The van der Waals surface area contributed by atoms with Crippen LogP contribution in [-0.2, 0) is 4.79 Å². The van der Waals surface area contributed by atoms with Gasteiger partial charge in [0.05, 0.1) is 12.8 Å². The van der Waals surface area contributed by atoms with E-state index in [2.05, 4.69) is 23.8 Å². The van der Waals surface area contributed by atoms with Crippen molar-refractivity contribution < 1.29 is 14.3 Å². The number of rotatable bonds is 11. The molecule has 0 radical (unpaired) electrons. The van der Waals surface area contributed by atoms with Gasteiger partial charge < -0.3 is 9.47 Å².